The van der Waals surface area contributed by atoms with Crippen LogP contribution in [0.1, 0.15) is 13.8 Å². The van der Waals surface area contributed by atoms with Crippen molar-refractivity contribution < 1.29 is 23.5 Å². The van der Waals surface area contributed by atoms with Crippen LogP contribution in [0.2, 0.25) is 0 Å². The maximum absolute atomic E-state index is 11.9. The number of nitrogens with zero attached hydrogens (tertiary/aromatic N) is 2. The summed E-state index contributed by atoms with van der Waals surface area (Å²) in [5.74, 6) is 0. The van der Waals surface area contributed by atoms with Gasteiger partial charge in [-0.15, -0.1) is 0 Å². The van der Waals surface area contributed by atoms with Gasteiger partial charge in [-0.25, -0.2) is 4.79 Å². The first-order chi connectivity index (χ1) is 7.49. The number of hydrogen-bond donors (Lipinski definition) is 1. The first-order valence-corrected chi connectivity index (χ1v) is 6.44. The van der Waals surface area contributed by atoms with Gasteiger partial charge in [0.25, 0.3) is 0 Å². The second-order valence-electron chi connectivity index (χ2n) is 2.73. The van der Waals surface area contributed by atoms with E-state index in [-0.39, 0.29) is 19.8 Å². The molecule has 0 radical (unpaired) electrons. The summed E-state index contributed by atoms with van der Waals surface area (Å²) in [5.41, 5.74) is 0. The number of nitriles is 1. The third-order valence-corrected chi connectivity index (χ3v) is 3.52. The van der Waals surface area contributed by atoms with Gasteiger partial charge in [-0.3, -0.25) is 9.46 Å². The molecule has 0 saturated carbocycles. The lowest BCUT2D eigenvalue weighted by Crippen LogP contribution is -2.31. The normalized spacial score (nSPS) is 10.8. The van der Waals surface area contributed by atoms with Crippen molar-refractivity contribution in [2.24, 2.45) is 0 Å². The summed E-state index contributed by atoms with van der Waals surface area (Å²) in [5, 5.41) is 17.2. The summed E-state index contributed by atoms with van der Waals surface area (Å²) in [4.78, 5) is 11.4. The van der Waals surface area contributed by atoms with Gasteiger partial charge < -0.3 is 14.2 Å². The first kappa shape index (κ1) is 14.9. The standard InChI is InChI=1S/C8H15N2O5P/c1-3-14-16(13,15-4-2)7-10(6-5-9)8(11)12/h3-4,6-7H2,1-2H3,(H,11,12). The van der Waals surface area contributed by atoms with Crippen LogP contribution in [0.4, 0.5) is 4.79 Å². The van der Waals surface area contributed by atoms with E-state index in [4.69, 9.17) is 19.4 Å². The van der Waals surface area contributed by atoms with Gasteiger partial charge in [0.15, 0.2) is 0 Å². The van der Waals surface area contributed by atoms with Crippen LogP contribution in [0.15, 0.2) is 0 Å². The second kappa shape index (κ2) is 7.23. The molecule has 0 aliphatic carbocycles. The Kier molecular flexibility index (Phi) is 6.74. The zero-order valence-electron chi connectivity index (χ0n) is 9.25. The van der Waals surface area contributed by atoms with Crippen LogP contribution >= 0.6 is 7.60 Å². The minimum atomic E-state index is -3.47. The van der Waals surface area contributed by atoms with E-state index >= 15 is 0 Å². The lowest BCUT2D eigenvalue weighted by molar-refractivity contribution is 0.148. The molecule has 0 aliphatic heterocycles. The van der Waals surface area contributed by atoms with Gasteiger partial charge in [0.2, 0.25) is 0 Å². The molecule has 1 N–H and O–H groups in total. The molecule has 0 aliphatic rings. The zero-order valence-corrected chi connectivity index (χ0v) is 10.1. The molecule has 0 spiro atoms. The zero-order chi connectivity index (χ0) is 12.6. The van der Waals surface area contributed by atoms with Crippen LogP contribution in [-0.4, -0.2) is 42.1 Å². The number of hydrogen-bond acceptors (Lipinski definition) is 5. The molecule has 0 atom stereocenters. The molecule has 0 heterocycles. The predicted octanol–water partition coefficient (Wildman–Crippen LogP) is 1.71. The second-order valence-corrected chi connectivity index (χ2v) is 4.75. The summed E-state index contributed by atoms with van der Waals surface area (Å²) >= 11 is 0. The molecule has 0 aromatic heterocycles. The number of carbonyl (C=O) groups is 1. The Hall–Kier alpha value is -1.09. The van der Waals surface area contributed by atoms with E-state index in [1.165, 1.54) is 0 Å². The monoisotopic (exact) mass is 250 g/mol. The van der Waals surface area contributed by atoms with Crippen molar-refractivity contribution in [3.8, 4) is 6.07 Å². The molecule has 0 aromatic carbocycles. The quantitative estimate of drug-likeness (QED) is 0.545. The first-order valence-electron chi connectivity index (χ1n) is 4.72. The highest BCUT2D eigenvalue weighted by Crippen LogP contribution is 2.48. The number of rotatable bonds is 7. The minimum absolute atomic E-state index is 0.150. The smallest absolute Gasteiger partial charge is 0.408 e. The molecule has 0 unspecified atom stereocenters. The van der Waals surface area contributed by atoms with E-state index in [2.05, 4.69) is 0 Å². The molecule has 0 fully saturated rings. The Bertz CT molecular complexity index is 304. The summed E-state index contributed by atoms with van der Waals surface area (Å²) in [6.07, 6.45) is -1.77. The third-order valence-electron chi connectivity index (χ3n) is 1.53. The van der Waals surface area contributed by atoms with Crippen LogP contribution in [0.25, 0.3) is 0 Å². The van der Waals surface area contributed by atoms with E-state index in [1.807, 2.05) is 0 Å². The Morgan fingerprint density at radius 2 is 1.94 bits per heavy atom. The largest absolute Gasteiger partial charge is 0.465 e. The Balaban J connectivity index is 4.64. The minimum Gasteiger partial charge on any atom is -0.465 e. The molecule has 8 heteroatoms. The predicted molar refractivity (Wildman–Crippen MR) is 56.1 cm³/mol. The Morgan fingerprint density at radius 1 is 1.44 bits per heavy atom. The highest BCUT2D eigenvalue weighted by atomic mass is 31.2. The van der Waals surface area contributed by atoms with Crippen LogP contribution in [0.5, 0.6) is 0 Å². The average molecular weight is 250 g/mol. The highest BCUT2D eigenvalue weighted by molar-refractivity contribution is 7.53. The van der Waals surface area contributed by atoms with Crippen molar-refractivity contribution >= 4 is 13.7 Å². The summed E-state index contributed by atoms with van der Waals surface area (Å²) in [7, 11) is -3.47. The number of amides is 1. The number of carboxylic acid groups (broad SMARTS) is 1. The highest BCUT2D eigenvalue weighted by Gasteiger charge is 2.29. The maximum Gasteiger partial charge on any atom is 0.408 e. The molecule has 1 amide bonds. The van der Waals surface area contributed by atoms with Crippen molar-refractivity contribution in [2.75, 3.05) is 26.0 Å². The fraction of sp³-hybridized carbons (Fsp3) is 0.750. The SMILES string of the molecule is CCOP(=O)(CN(CC#N)C(=O)O)OCC. The van der Waals surface area contributed by atoms with Crippen molar-refractivity contribution in [1.82, 2.24) is 4.90 Å². The summed E-state index contributed by atoms with van der Waals surface area (Å²) in [6.45, 7) is 3.18. The van der Waals surface area contributed by atoms with Gasteiger partial charge in [-0.1, -0.05) is 0 Å². The van der Waals surface area contributed by atoms with Gasteiger partial charge >= 0.3 is 13.7 Å². The van der Waals surface area contributed by atoms with Crippen molar-refractivity contribution in [3.63, 3.8) is 0 Å². The molecule has 0 bridgehead atoms. The third kappa shape index (κ3) is 5.12. The van der Waals surface area contributed by atoms with Crippen molar-refractivity contribution in [3.05, 3.63) is 0 Å². The fourth-order valence-electron chi connectivity index (χ4n) is 0.985. The van der Waals surface area contributed by atoms with Crippen LogP contribution in [0, 0.1) is 11.3 Å². The fourth-order valence-corrected chi connectivity index (χ4v) is 2.65. The topological polar surface area (TPSA) is 99.9 Å². The molecular formula is C8H15N2O5P. The molecule has 92 valence electrons. The summed E-state index contributed by atoms with van der Waals surface area (Å²) < 4.78 is 21.8. The molecular weight excluding hydrogens is 235 g/mol. The van der Waals surface area contributed by atoms with E-state index in [0.717, 1.165) is 0 Å². The van der Waals surface area contributed by atoms with Gasteiger partial charge in [0.05, 0.1) is 19.3 Å². The average Bonchev–Trinajstić information content (AvgIpc) is 2.17. The van der Waals surface area contributed by atoms with E-state index < -0.39 is 20.0 Å². The molecule has 7 nitrogen and oxygen atoms in total. The molecule has 0 aromatic rings. The van der Waals surface area contributed by atoms with Crippen LogP contribution in [0.3, 0.4) is 0 Å². The van der Waals surface area contributed by atoms with Gasteiger partial charge in [-0.05, 0) is 13.8 Å². The molecule has 0 saturated heterocycles. The van der Waals surface area contributed by atoms with E-state index in [1.54, 1.807) is 19.9 Å². The summed E-state index contributed by atoms with van der Waals surface area (Å²) in [6, 6.07) is 1.67. The lowest BCUT2D eigenvalue weighted by atomic mass is 10.6. The van der Waals surface area contributed by atoms with Gasteiger partial charge in [0.1, 0.15) is 12.8 Å². The van der Waals surface area contributed by atoms with Gasteiger partial charge in [0, 0.05) is 0 Å². The van der Waals surface area contributed by atoms with E-state index in [0.29, 0.717) is 4.90 Å². The van der Waals surface area contributed by atoms with Crippen molar-refractivity contribution in [1.29, 1.82) is 5.26 Å². The van der Waals surface area contributed by atoms with Crippen molar-refractivity contribution in [2.45, 2.75) is 13.8 Å². The molecule has 16 heavy (non-hydrogen) atoms. The lowest BCUT2D eigenvalue weighted by Gasteiger charge is -2.22. The van der Waals surface area contributed by atoms with Crippen LogP contribution < -0.4 is 0 Å². The maximum atomic E-state index is 11.9. The Labute approximate surface area is 94.1 Å². The Morgan fingerprint density at radius 3 is 2.25 bits per heavy atom. The van der Waals surface area contributed by atoms with Crippen LogP contribution in [-0.2, 0) is 13.6 Å². The van der Waals surface area contributed by atoms with Gasteiger partial charge in [-0.2, -0.15) is 5.26 Å². The van der Waals surface area contributed by atoms with E-state index in [9.17, 15) is 9.36 Å². The molecule has 0 rings (SSSR count).